The molecule has 0 spiro atoms. The summed E-state index contributed by atoms with van der Waals surface area (Å²) >= 11 is 0. The lowest BCUT2D eigenvalue weighted by Gasteiger charge is -2.29. The van der Waals surface area contributed by atoms with Gasteiger partial charge in [-0.1, -0.05) is 41.5 Å². The summed E-state index contributed by atoms with van der Waals surface area (Å²) in [7, 11) is 0. The van der Waals surface area contributed by atoms with Gasteiger partial charge in [0.1, 0.15) is 0 Å². The van der Waals surface area contributed by atoms with Gasteiger partial charge in [-0.25, -0.2) is 0 Å². The van der Waals surface area contributed by atoms with E-state index in [-0.39, 0.29) is 11.9 Å². The number of aromatic nitrogens is 3. The van der Waals surface area contributed by atoms with Crippen LogP contribution in [0.5, 0.6) is 0 Å². The average Bonchev–Trinajstić information content (AvgIpc) is 3.47. The fourth-order valence-electron chi connectivity index (χ4n) is 4.87. The van der Waals surface area contributed by atoms with E-state index in [2.05, 4.69) is 37.1 Å². The van der Waals surface area contributed by atoms with Gasteiger partial charge >= 0.3 is 6.01 Å². The van der Waals surface area contributed by atoms with Crippen LogP contribution in [0.25, 0.3) is 0 Å². The van der Waals surface area contributed by atoms with Gasteiger partial charge in [-0.2, -0.15) is 0 Å². The Kier molecular flexibility index (Phi) is 4.94. The van der Waals surface area contributed by atoms with Crippen LogP contribution in [-0.4, -0.2) is 45.6 Å². The van der Waals surface area contributed by atoms with Crippen molar-refractivity contribution in [1.29, 1.82) is 0 Å². The van der Waals surface area contributed by atoms with Gasteiger partial charge in [-0.3, -0.25) is 9.78 Å². The number of nitrogens with zero attached hydrogens (tertiary/aromatic N) is 5. The maximum Gasteiger partial charge on any atom is 0.318 e. The summed E-state index contributed by atoms with van der Waals surface area (Å²) in [6.45, 7) is 4.21. The van der Waals surface area contributed by atoms with E-state index in [1.165, 1.54) is 5.56 Å². The number of carbonyl (C=O) groups is 1. The molecule has 0 aliphatic carbocycles. The van der Waals surface area contributed by atoms with Crippen LogP contribution in [0.1, 0.15) is 29.6 Å². The van der Waals surface area contributed by atoms with Gasteiger partial charge < -0.3 is 14.2 Å². The standard InChI is InChI=1S/C23H25N5O2/c1-16-25-26-23(30-16)27-13-18-14-28(21(29)11-10-19-9-5-6-12-24-19)22(20(18)15-27)17-7-3-2-4-8-17/h2-9,12,18,20,22H,10-11,13-15H2,1H3/t18-,20-,22+/m0/s1. The molecule has 5 rings (SSSR count). The number of hydrogen-bond acceptors (Lipinski definition) is 6. The zero-order valence-corrected chi connectivity index (χ0v) is 17.0. The smallest absolute Gasteiger partial charge is 0.318 e. The third kappa shape index (κ3) is 3.56. The molecule has 0 radical (unpaired) electrons. The number of likely N-dealkylation sites (tertiary alicyclic amines) is 1. The molecule has 30 heavy (non-hydrogen) atoms. The Balaban J connectivity index is 1.35. The van der Waals surface area contributed by atoms with Crippen molar-refractivity contribution in [3.8, 4) is 0 Å². The van der Waals surface area contributed by atoms with Gasteiger partial charge in [-0.15, -0.1) is 5.10 Å². The fraction of sp³-hybridized carbons (Fsp3) is 0.391. The molecule has 0 bridgehead atoms. The van der Waals surface area contributed by atoms with Crippen LogP contribution in [0.2, 0.25) is 0 Å². The lowest BCUT2D eigenvalue weighted by atomic mass is 9.89. The van der Waals surface area contributed by atoms with Gasteiger partial charge in [0.25, 0.3) is 0 Å². The molecule has 0 N–H and O–H groups in total. The van der Waals surface area contributed by atoms with Crippen LogP contribution < -0.4 is 4.90 Å². The Morgan fingerprint density at radius 3 is 2.63 bits per heavy atom. The molecule has 7 nitrogen and oxygen atoms in total. The van der Waals surface area contributed by atoms with Crippen LogP contribution in [0.3, 0.4) is 0 Å². The van der Waals surface area contributed by atoms with Crippen LogP contribution in [0.4, 0.5) is 6.01 Å². The number of aryl methyl sites for hydroxylation is 2. The van der Waals surface area contributed by atoms with Gasteiger partial charge in [0.15, 0.2) is 0 Å². The highest BCUT2D eigenvalue weighted by molar-refractivity contribution is 5.77. The minimum atomic E-state index is 0.0708. The van der Waals surface area contributed by atoms with E-state index in [9.17, 15) is 4.79 Å². The van der Waals surface area contributed by atoms with Crippen molar-refractivity contribution in [2.75, 3.05) is 24.5 Å². The number of hydrogen-bond donors (Lipinski definition) is 0. The maximum atomic E-state index is 13.2. The first-order valence-electron chi connectivity index (χ1n) is 10.5. The minimum absolute atomic E-state index is 0.0708. The Bertz CT molecular complexity index is 1010. The highest BCUT2D eigenvalue weighted by Crippen LogP contribution is 2.46. The molecule has 2 aliphatic heterocycles. The Morgan fingerprint density at radius 1 is 1.07 bits per heavy atom. The second kappa shape index (κ2) is 7.89. The normalized spacial score (nSPS) is 23.0. The summed E-state index contributed by atoms with van der Waals surface area (Å²) < 4.78 is 5.65. The molecule has 2 aromatic heterocycles. The first kappa shape index (κ1) is 18.8. The van der Waals surface area contributed by atoms with E-state index < -0.39 is 0 Å². The molecule has 1 aromatic carbocycles. The molecule has 1 amide bonds. The highest BCUT2D eigenvalue weighted by atomic mass is 16.4. The first-order chi connectivity index (χ1) is 14.7. The maximum absolute atomic E-state index is 13.2. The largest absolute Gasteiger partial charge is 0.408 e. The third-order valence-corrected chi connectivity index (χ3v) is 6.23. The number of anilines is 1. The van der Waals surface area contributed by atoms with Gasteiger partial charge in [0.05, 0.1) is 6.04 Å². The van der Waals surface area contributed by atoms with Gasteiger partial charge in [0, 0.05) is 56.7 Å². The second-order valence-electron chi connectivity index (χ2n) is 8.16. The molecule has 3 aromatic rings. The quantitative estimate of drug-likeness (QED) is 0.652. The SMILES string of the molecule is Cc1nnc(N2C[C@H]3CN(C(=O)CCc4ccccn4)[C@H](c4ccccc4)[C@H]3C2)o1. The monoisotopic (exact) mass is 403 g/mol. The summed E-state index contributed by atoms with van der Waals surface area (Å²) in [5, 5.41) is 8.16. The van der Waals surface area contributed by atoms with E-state index in [0.29, 0.717) is 36.6 Å². The summed E-state index contributed by atoms with van der Waals surface area (Å²) in [5.41, 5.74) is 2.15. The van der Waals surface area contributed by atoms with Crippen molar-refractivity contribution in [3.05, 3.63) is 71.9 Å². The summed E-state index contributed by atoms with van der Waals surface area (Å²) in [5.74, 6) is 1.51. The van der Waals surface area contributed by atoms with Crippen LogP contribution in [0.15, 0.2) is 59.1 Å². The molecule has 2 saturated heterocycles. The highest BCUT2D eigenvalue weighted by Gasteiger charge is 2.49. The fourth-order valence-corrected chi connectivity index (χ4v) is 4.87. The average molecular weight is 403 g/mol. The molecule has 3 atom stereocenters. The van der Waals surface area contributed by atoms with Crippen molar-refractivity contribution in [3.63, 3.8) is 0 Å². The van der Waals surface area contributed by atoms with Gasteiger partial charge in [-0.05, 0) is 24.1 Å². The number of carbonyl (C=O) groups excluding carboxylic acids is 1. The number of pyridine rings is 1. The van der Waals surface area contributed by atoms with Crippen molar-refractivity contribution in [1.82, 2.24) is 20.1 Å². The Labute approximate surface area is 175 Å². The Hall–Kier alpha value is -3.22. The molecular formula is C23H25N5O2. The van der Waals surface area contributed by atoms with Crippen molar-refractivity contribution in [2.24, 2.45) is 11.8 Å². The predicted molar refractivity (Wildman–Crippen MR) is 112 cm³/mol. The topological polar surface area (TPSA) is 75.4 Å². The van der Waals surface area contributed by atoms with Gasteiger partial charge in [0.2, 0.25) is 11.8 Å². The van der Waals surface area contributed by atoms with E-state index in [1.54, 1.807) is 6.20 Å². The number of fused-ring (bicyclic) bond motifs is 1. The van der Waals surface area contributed by atoms with Crippen molar-refractivity contribution < 1.29 is 9.21 Å². The van der Waals surface area contributed by atoms with Crippen LogP contribution in [0, 0.1) is 18.8 Å². The lowest BCUT2D eigenvalue weighted by Crippen LogP contribution is -2.36. The van der Waals surface area contributed by atoms with Crippen molar-refractivity contribution >= 4 is 11.9 Å². The summed E-state index contributed by atoms with van der Waals surface area (Å²) in [6.07, 6.45) is 2.92. The molecule has 2 fully saturated rings. The number of amides is 1. The zero-order valence-electron chi connectivity index (χ0n) is 17.0. The van der Waals surface area contributed by atoms with Crippen LogP contribution in [-0.2, 0) is 11.2 Å². The van der Waals surface area contributed by atoms with Crippen molar-refractivity contribution in [2.45, 2.75) is 25.8 Å². The summed E-state index contributed by atoms with van der Waals surface area (Å²) in [4.78, 5) is 21.8. The van der Waals surface area contributed by atoms with E-state index in [4.69, 9.17) is 4.42 Å². The molecule has 0 saturated carbocycles. The zero-order chi connectivity index (χ0) is 20.5. The van der Waals surface area contributed by atoms with E-state index in [1.807, 2.05) is 43.3 Å². The summed E-state index contributed by atoms with van der Waals surface area (Å²) in [6, 6.07) is 16.9. The first-order valence-corrected chi connectivity index (χ1v) is 10.5. The van der Waals surface area contributed by atoms with Crippen LogP contribution >= 0.6 is 0 Å². The second-order valence-corrected chi connectivity index (χ2v) is 8.16. The van der Waals surface area contributed by atoms with E-state index >= 15 is 0 Å². The lowest BCUT2D eigenvalue weighted by molar-refractivity contribution is -0.132. The number of benzene rings is 1. The minimum Gasteiger partial charge on any atom is -0.408 e. The van der Waals surface area contributed by atoms with E-state index in [0.717, 1.165) is 25.3 Å². The molecule has 2 aliphatic rings. The predicted octanol–water partition coefficient (Wildman–Crippen LogP) is 3.04. The third-order valence-electron chi connectivity index (χ3n) is 6.23. The molecule has 154 valence electrons. The molecule has 7 heteroatoms. The molecule has 0 unspecified atom stereocenters. The number of rotatable bonds is 5. The Morgan fingerprint density at radius 2 is 1.90 bits per heavy atom. The molecular weight excluding hydrogens is 378 g/mol. The molecule has 4 heterocycles.